The van der Waals surface area contributed by atoms with Gasteiger partial charge in [-0.15, -0.1) is 11.8 Å². The van der Waals surface area contributed by atoms with Crippen molar-refractivity contribution in [3.05, 3.63) is 11.8 Å². The molecule has 1 saturated carbocycles. The number of nitriles is 1. The van der Waals surface area contributed by atoms with Gasteiger partial charge in [-0.05, 0) is 52.2 Å². The Bertz CT molecular complexity index is 610. The second-order valence-corrected chi connectivity index (χ2v) is 9.24. The summed E-state index contributed by atoms with van der Waals surface area (Å²) >= 11 is 1.70. The zero-order valence-corrected chi connectivity index (χ0v) is 15.8. The van der Waals surface area contributed by atoms with Crippen LogP contribution in [0.1, 0.15) is 65.5 Å². The van der Waals surface area contributed by atoms with E-state index in [1.807, 2.05) is 13.8 Å². The van der Waals surface area contributed by atoms with E-state index < -0.39 is 10.2 Å². The molecule has 1 fully saturated rings. The molecule has 0 aliphatic heterocycles. The minimum atomic E-state index is -0.738. The van der Waals surface area contributed by atoms with Crippen LogP contribution in [0.25, 0.3) is 0 Å². The molecule has 0 spiro atoms. The molecule has 1 aromatic heterocycles. The van der Waals surface area contributed by atoms with Gasteiger partial charge in [0.2, 0.25) is 11.8 Å². The molecule has 0 saturated heterocycles. The number of carbonyl (C=O) groups is 1. The molecule has 2 rings (SSSR count). The zero-order valence-electron chi connectivity index (χ0n) is 15.0. The first-order chi connectivity index (χ1) is 11.2. The summed E-state index contributed by atoms with van der Waals surface area (Å²) in [6.45, 7) is 7.40. The maximum Gasteiger partial charge on any atom is 0.242 e. The second kappa shape index (κ2) is 7.60. The molecule has 0 unspecified atom stereocenters. The van der Waals surface area contributed by atoms with Crippen LogP contribution < -0.4 is 5.32 Å². The SMILES string of the molecule is CC(C)(SCC1CCCCC1)C(=O)Nc1cc(C(C)(C)C#N)no1. The van der Waals surface area contributed by atoms with E-state index in [0.717, 1.165) is 11.7 Å². The number of nitrogens with one attached hydrogen (secondary N) is 1. The van der Waals surface area contributed by atoms with Crippen molar-refractivity contribution in [1.29, 1.82) is 5.26 Å². The van der Waals surface area contributed by atoms with Gasteiger partial charge in [0.25, 0.3) is 0 Å². The molecule has 1 aliphatic carbocycles. The Labute approximate surface area is 148 Å². The topological polar surface area (TPSA) is 78.9 Å². The average Bonchev–Trinajstić information content (AvgIpc) is 3.03. The highest BCUT2D eigenvalue weighted by atomic mass is 32.2. The largest absolute Gasteiger partial charge is 0.338 e. The Morgan fingerprint density at radius 2 is 2.04 bits per heavy atom. The van der Waals surface area contributed by atoms with Gasteiger partial charge in [0.05, 0.1) is 16.2 Å². The summed E-state index contributed by atoms with van der Waals surface area (Å²) in [7, 11) is 0. The molecule has 0 aromatic carbocycles. The number of anilines is 1. The summed E-state index contributed by atoms with van der Waals surface area (Å²) in [5, 5.41) is 15.8. The van der Waals surface area contributed by atoms with E-state index in [1.54, 1.807) is 31.7 Å². The molecule has 0 bridgehead atoms. The van der Waals surface area contributed by atoms with Crippen LogP contribution in [-0.2, 0) is 10.2 Å². The van der Waals surface area contributed by atoms with Crippen LogP contribution in [0.3, 0.4) is 0 Å². The van der Waals surface area contributed by atoms with Crippen LogP contribution in [0.5, 0.6) is 0 Å². The van der Waals surface area contributed by atoms with Gasteiger partial charge in [-0.3, -0.25) is 10.1 Å². The molecular formula is C18H27N3O2S. The highest BCUT2D eigenvalue weighted by Crippen LogP contribution is 2.33. The van der Waals surface area contributed by atoms with Crippen LogP contribution in [-0.4, -0.2) is 21.6 Å². The molecule has 1 heterocycles. The molecule has 6 heteroatoms. The summed E-state index contributed by atoms with van der Waals surface area (Å²) in [4.78, 5) is 12.6. The zero-order chi connectivity index (χ0) is 17.8. The van der Waals surface area contributed by atoms with Gasteiger partial charge in [0, 0.05) is 6.07 Å². The summed E-state index contributed by atoms with van der Waals surface area (Å²) < 4.78 is 4.64. The van der Waals surface area contributed by atoms with Gasteiger partial charge in [-0.1, -0.05) is 24.4 Å². The van der Waals surface area contributed by atoms with Crippen molar-refractivity contribution in [2.24, 2.45) is 5.92 Å². The highest BCUT2D eigenvalue weighted by molar-refractivity contribution is 8.01. The molecule has 1 N–H and O–H groups in total. The minimum Gasteiger partial charge on any atom is -0.338 e. The van der Waals surface area contributed by atoms with Gasteiger partial charge in [-0.25, -0.2) is 0 Å². The van der Waals surface area contributed by atoms with E-state index in [1.165, 1.54) is 32.1 Å². The van der Waals surface area contributed by atoms with Crippen LogP contribution >= 0.6 is 11.8 Å². The average molecular weight is 350 g/mol. The lowest BCUT2D eigenvalue weighted by Gasteiger charge is -2.27. The van der Waals surface area contributed by atoms with Gasteiger partial charge in [-0.2, -0.15) is 5.26 Å². The highest BCUT2D eigenvalue weighted by Gasteiger charge is 2.31. The predicted molar refractivity (Wildman–Crippen MR) is 96.9 cm³/mol. The lowest BCUT2D eigenvalue weighted by Crippen LogP contribution is -2.35. The van der Waals surface area contributed by atoms with Crippen LogP contribution in [0.15, 0.2) is 10.6 Å². The molecule has 132 valence electrons. The predicted octanol–water partition coefficient (Wildman–Crippen LogP) is 4.51. The quantitative estimate of drug-likeness (QED) is 0.817. The van der Waals surface area contributed by atoms with Crippen molar-refractivity contribution in [2.75, 3.05) is 11.1 Å². The molecule has 1 aliphatic rings. The Hall–Kier alpha value is -1.48. The van der Waals surface area contributed by atoms with Crippen molar-refractivity contribution in [3.8, 4) is 6.07 Å². The van der Waals surface area contributed by atoms with Gasteiger partial charge >= 0.3 is 0 Å². The molecule has 24 heavy (non-hydrogen) atoms. The minimum absolute atomic E-state index is 0.0965. The van der Waals surface area contributed by atoms with Crippen molar-refractivity contribution >= 4 is 23.6 Å². The summed E-state index contributed by atoms with van der Waals surface area (Å²) in [6, 6.07) is 3.80. The summed E-state index contributed by atoms with van der Waals surface area (Å²) in [5.41, 5.74) is -0.217. The molecule has 5 nitrogen and oxygen atoms in total. The number of nitrogens with zero attached hydrogens (tertiary/aromatic N) is 2. The molecule has 0 radical (unpaired) electrons. The first-order valence-electron chi connectivity index (χ1n) is 8.58. The fraction of sp³-hybridized carbons (Fsp3) is 0.722. The summed E-state index contributed by atoms with van der Waals surface area (Å²) in [6.07, 6.45) is 6.53. The first-order valence-corrected chi connectivity index (χ1v) is 9.57. The van der Waals surface area contributed by atoms with E-state index in [9.17, 15) is 4.79 Å². The second-order valence-electron chi connectivity index (χ2n) is 7.59. The Kier molecular flexibility index (Phi) is 5.97. The monoisotopic (exact) mass is 349 g/mol. The Morgan fingerprint density at radius 1 is 1.38 bits per heavy atom. The van der Waals surface area contributed by atoms with Gasteiger partial charge < -0.3 is 4.52 Å². The molecule has 1 aromatic rings. The van der Waals surface area contributed by atoms with Crippen LogP contribution in [0, 0.1) is 17.2 Å². The van der Waals surface area contributed by atoms with E-state index in [0.29, 0.717) is 11.6 Å². The third kappa shape index (κ3) is 4.76. The number of hydrogen-bond donors (Lipinski definition) is 1. The number of aromatic nitrogens is 1. The molecule has 0 atom stereocenters. The lowest BCUT2D eigenvalue weighted by atomic mass is 9.91. The normalized spacial score (nSPS) is 16.6. The van der Waals surface area contributed by atoms with Gasteiger partial charge in [0.15, 0.2) is 0 Å². The number of thioether (sulfide) groups is 1. The molecular weight excluding hydrogens is 322 g/mol. The van der Waals surface area contributed by atoms with Crippen molar-refractivity contribution in [1.82, 2.24) is 5.16 Å². The van der Waals surface area contributed by atoms with Crippen LogP contribution in [0.4, 0.5) is 5.88 Å². The number of rotatable bonds is 6. The first kappa shape index (κ1) is 18.9. The summed E-state index contributed by atoms with van der Waals surface area (Å²) in [5.74, 6) is 1.94. The van der Waals surface area contributed by atoms with Gasteiger partial charge in [0.1, 0.15) is 5.69 Å². The Balaban J connectivity index is 1.91. The smallest absolute Gasteiger partial charge is 0.242 e. The number of amides is 1. The van der Waals surface area contributed by atoms with E-state index in [-0.39, 0.29) is 5.91 Å². The van der Waals surface area contributed by atoms with E-state index in [4.69, 9.17) is 9.78 Å². The fourth-order valence-corrected chi connectivity index (χ4v) is 3.86. The maximum absolute atomic E-state index is 12.6. The van der Waals surface area contributed by atoms with Crippen molar-refractivity contribution in [2.45, 2.75) is 70.0 Å². The third-order valence-corrected chi connectivity index (χ3v) is 6.16. The molecule has 1 amide bonds. The van der Waals surface area contributed by atoms with Crippen molar-refractivity contribution in [3.63, 3.8) is 0 Å². The number of carbonyl (C=O) groups excluding carboxylic acids is 1. The Morgan fingerprint density at radius 3 is 2.67 bits per heavy atom. The number of hydrogen-bond acceptors (Lipinski definition) is 5. The van der Waals surface area contributed by atoms with Crippen molar-refractivity contribution < 1.29 is 9.32 Å². The third-order valence-electron chi connectivity index (χ3n) is 4.62. The fourth-order valence-electron chi connectivity index (χ4n) is 2.69. The maximum atomic E-state index is 12.6. The lowest BCUT2D eigenvalue weighted by molar-refractivity contribution is -0.117. The van der Waals surface area contributed by atoms with E-state index in [2.05, 4.69) is 16.5 Å². The standard InChI is InChI=1S/C18H27N3O2S/c1-17(2,12-19)14-10-15(23-21-14)20-16(22)18(3,4)24-11-13-8-6-5-7-9-13/h10,13H,5-9,11H2,1-4H3,(H,20,22). The van der Waals surface area contributed by atoms with E-state index >= 15 is 0 Å². The van der Waals surface area contributed by atoms with Crippen LogP contribution in [0.2, 0.25) is 0 Å².